The van der Waals surface area contributed by atoms with Gasteiger partial charge in [-0.05, 0) is 12.3 Å². The van der Waals surface area contributed by atoms with Gasteiger partial charge in [0.2, 0.25) is 11.8 Å². The van der Waals surface area contributed by atoms with Crippen molar-refractivity contribution in [3.05, 3.63) is 35.7 Å². The predicted octanol–water partition coefficient (Wildman–Crippen LogP) is 2.26. The first kappa shape index (κ1) is 21.1. The highest BCUT2D eigenvalue weighted by Gasteiger charge is 2.28. The highest BCUT2D eigenvalue weighted by molar-refractivity contribution is 7.99. The number of nitrogens with one attached hydrogen (secondary N) is 1. The molecule has 0 aliphatic heterocycles. The largest absolute Gasteiger partial charge is 0.481 e. The van der Waals surface area contributed by atoms with E-state index in [-0.39, 0.29) is 28.8 Å². The van der Waals surface area contributed by atoms with Gasteiger partial charge in [-0.15, -0.1) is 11.8 Å². The van der Waals surface area contributed by atoms with Gasteiger partial charge in [-0.25, -0.2) is 8.42 Å². The summed E-state index contributed by atoms with van der Waals surface area (Å²) in [5.74, 6) is -3.58. The van der Waals surface area contributed by atoms with Gasteiger partial charge in [0.05, 0.1) is 26.0 Å². The summed E-state index contributed by atoms with van der Waals surface area (Å²) in [6.45, 7) is 0. The number of para-hydroxylation sites is 1. The first-order valence-corrected chi connectivity index (χ1v) is 10.1. The van der Waals surface area contributed by atoms with E-state index in [4.69, 9.17) is 9.47 Å². The number of hydrogen-bond donors (Lipinski definition) is 2. The van der Waals surface area contributed by atoms with Gasteiger partial charge in [-0.3, -0.25) is 4.72 Å². The summed E-state index contributed by atoms with van der Waals surface area (Å²) in [5, 5.41) is 10.7. The number of rotatable bonds is 8. The molecule has 0 amide bonds. The lowest BCUT2D eigenvalue weighted by Gasteiger charge is -2.19. The van der Waals surface area contributed by atoms with Crippen LogP contribution in [0.25, 0.3) is 0 Å². The molecule has 0 bridgehead atoms. The van der Waals surface area contributed by atoms with Crippen molar-refractivity contribution in [2.45, 2.75) is 16.8 Å². The summed E-state index contributed by atoms with van der Waals surface area (Å²) in [4.78, 5) is 8.36. The lowest BCUT2D eigenvalue weighted by Crippen LogP contribution is -2.22. The molecule has 0 aliphatic carbocycles. The molecule has 0 saturated heterocycles. The van der Waals surface area contributed by atoms with Gasteiger partial charge in [-0.2, -0.15) is 18.7 Å². The zero-order valence-corrected chi connectivity index (χ0v) is 16.1. The van der Waals surface area contributed by atoms with Crippen LogP contribution in [-0.4, -0.2) is 49.7 Å². The van der Waals surface area contributed by atoms with Crippen LogP contribution in [-0.2, 0) is 10.0 Å². The summed E-state index contributed by atoms with van der Waals surface area (Å²) in [5.41, 5.74) is -0.176. The molecule has 0 radical (unpaired) electrons. The summed E-state index contributed by atoms with van der Waals surface area (Å²) >= 11 is 1.12. The number of aromatic nitrogens is 2. The average Bonchev–Trinajstić information content (AvgIpc) is 2.66. The molecule has 1 heterocycles. The van der Waals surface area contributed by atoms with Crippen LogP contribution in [0.4, 0.5) is 14.5 Å². The number of aliphatic hydroxyl groups excluding tert-OH is 1. The Kier molecular flexibility index (Phi) is 6.78. The van der Waals surface area contributed by atoms with Crippen LogP contribution in [0.3, 0.4) is 0 Å². The molecule has 1 atom stereocenters. The van der Waals surface area contributed by atoms with Gasteiger partial charge in [0.15, 0.2) is 5.82 Å². The Hall–Kier alpha value is -2.18. The lowest BCUT2D eigenvalue weighted by atomic mass is 10.1. The first-order valence-electron chi connectivity index (χ1n) is 7.35. The number of ether oxygens (including phenoxy) is 2. The second-order valence-corrected chi connectivity index (χ2v) is 7.54. The number of benzene rings is 1. The van der Waals surface area contributed by atoms with Crippen LogP contribution in [0, 0.1) is 0 Å². The van der Waals surface area contributed by atoms with E-state index >= 15 is 0 Å². The zero-order valence-electron chi connectivity index (χ0n) is 14.5. The van der Waals surface area contributed by atoms with Crippen molar-refractivity contribution >= 4 is 27.5 Å². The maximum atomic E-state index is 12.8. The summed E-state index contributed by atoms with van der Waals surface area (Å²) in [6.07, 6.45) is 0.105. The number of sulfonamides is 1. The van der Waals surface area contributed by atoms with Gasteiger partial charge in [-0.1, -0.05) is 12.1 Å². The average molecular weight is 421 g/mol. The maximum absolute atomic E-state index is 12.8. The van der Waals surface area contributed by atoms with Crippen LogP contribution in [0.15, 0.2) is 29.2 Å². The number of alkyl halides is 2. The fraction of sp³-hybridized carbons (Fsp3) is 0.333. The third kappa shape index (κ3) is 4.76. The van der Waals surface area contributed by atoms with Gasteiger partial charge in [0.25, 0.3) is 10.0 Å². The quantitative estimate of drug-likeness (QED) is 0.625. The lowest BCUT2D eigenvalue weighted by molar-refractivity contribution is 0.206. The summed E-state index contributed by atoms with van der Waals surface area (Å²) < 4.78 is 60.8. The monoisotopic (exact) mass is 421 g/mol. The Morgan fingerprint density at radius 3 is 2.26 bits per heavy atom. The molecule has 1 unspecified atom stereocenters. The van der Waals surface area contributed by atoms with Crippen LogP contribution in [0.5, 0.6) is 11.8 Å². The molecule has 8 nitrogen and oxygen atoms in total. The van der Waals surface area contributed by atoms with Gasteiger partial charge in [0.1, 0.15) is 6.10 Å². The molecule has 2 aromatic rings. The molecule has 12 heteroatoms. The second kappa shape index (κ2) is 8.67. The Balaban J connectivity index is 2.58. The van der Waals surface area contributed by atoms with E-state index in [1.165, 1.54) is 32.4 Å². The van der Waals surface area contributed by atoms with E-state index in [0.29, 0.717) is 4.90 Å². The van der Waals surface area contributed by atoms with Crippen molar-refractivity contribution in [3.63, 3.8) is 0 Å². The maximum Gasteiger partial charge on any atom is 0.355 e. The molecule has 2 N–H and O–H groups in total. The Labute approximate surface area is 159 Å². The molecule has 148 valence electrons. The zero-order chi connectivity index (χ0) is 20.2. The van der Waals surface area contributed by atoms with Crippen molar-refractivity contribution in [2.75, 3.05) is 25.2 Å². The van der Waals surface area contributed by atoms with Gasteiger partial charge >= 0.3 is 5.76 Å². The molecular weight excluding hydrogens is 404 g/mol. The minimum atomic E-state index is -4.95. The number of hydrogen-bond acceptors (Lipinski definition) is 8. The molecule has 2 rings (SSSR count). The molecule has 0 aliphatic rings. The van der Waals surface area contributed by atoms with Gasteiger partial charge < -0.3 is 14.6 Å². The number of nitrogens with zero attached hydrogens (tertiary/aromatic N) is 2. The van der Waals surface area contributed by atoms with Crippen molar-refractivity contribution in [1.29, 1.82) is 0 Å². The molecule has 0 saturated carbocycles. The molecule has 0 fully saturated rings. The molecule has 0 spiro atoms. The first-order chi connectivity index (χ1) is 12.7. The van der Waals surface area contributed by atoms with Crippen LogP contribution in [0.1, 0.15) is 17.5 Å². The molecular formula is C15H17F2N3O5S2. The number of aliphatic hydroxyl groups is 1. The van der Waals surface area contributed by atoms with E-state index < -0.39 is 21.9 Å². The Bertz CT molecular complexity index is 890. The van der Waals surface area contributed by atoms with Crippen molar-refractivity contribution < 1.29 is 31.8 Å². The highest BCUT2D eigenvalue weighted by atomic mass is 32.2. The molecule has 27 heavy (non-hydrogen) atoms. The topological polar surface area (TPSA) is 111 Å². The third-order valence-corrected chi connectivity index (χ3v) is 5.15. The van der Waals surface area contributed by atoms with Crippen molar-refractivity contribution in [3.8, 4) is 11.8 Å². The van der Waals surface area contributed by atoms with Crippen molar-refractivity contribution in [1.82, 2.24) is 9.97 Å². The van der Waals surface area contributed by atoms with Gasteiger partial charge in [0, 0.05) is 10.5 Å². The Morgan fingerprint density at radius 1 is 1.19 bits per heavy atom. The van der Waals surface area contributed by atoms with E-state index in [2.05, 4.69) is 9.97 Å². The molecule has 1 aromatic carbocycles. The number of thioether (sulfide) groups is 1. The summed E-state index contributed by atoms with van der Waals surface area (Å²) in [7, 11) is -2.23. The van der Waals surface area contributed by atoms with Crippen LogP contribution in [0.2, 0.25) is 0 Å². The fourth-order valence-corrected chi connectivity index (χ4v) is 3.39. The highest BCUT2D eigenvalue weighted by Crippen LogP contribution is 2.36. The van der Waals surface area contributed by atoms with E-state index in [1.54, 1.807) is 12.3 Å². The fourth-order valence-electron chi connectivity index (χ4n) is 2.13. The SMILES string of the molecule is COc1cc(OC)nc(C(O)c2cccc(SC)c2NS(=O)(=O)C(F)F)n1. The van der Waals surface area contributed by atoms with E-state index in [9.17, 15) is 22.3 Å². The standard InChI is InChI=1S/C15H17F2N3O5S2/c1-24-10-7-11(25-2)19-14(18-10)13(21)8-5-4-6-9(26-3)12(8)20-27(22,23)15(16)17/h4-7,13,15,20-21H,1-3H3. The van der Waals surface area contributed by atoms with Crippen LogP contribution >= 0.6 is 11.8 Å². The second-order valence-electron chi connectivity index (χ2n) is 5.05. The normalized spacial score (nSPS) is 12.7. The van der Waals surface area contributed by atoms with Crippen molar-refractivity contribution in [2.24, 2.45) is 0 Å². The number of anilines is 1. The summed E-state index contributed by atoms with van der Waals surface area (Å²) in [6, 6.07) is 5.83. The minimum absolute atomic E-state index is 0.00128. The number of halogens is 2. The van der Waals surface area contributed by atoms with E-state index in [0.717, 1.165) is 11.8 Å². The number of methoxy groups -OCH3 is 2. The molecule has 1 aromatic heterocycles. The van der Waals surface area contributed by atoms with E-state index in [1.807, 2.05) is 4.72 Å². The predicted molar refractivity (Wildman–Crippen MR) is 96.0 cm³/mol. The Morgan fingerprint density at radius 2 is 1.78 bits per heavy atom. The smallest absolute Gasteiger partial charge is 0.355 e. The third-order valence-electron chi connectivity index (χ3n) is 3.41. The minimum Gasteiger partial charge on any atom is -0.481 e. The van der Waals surface area contributed by atoms with Crippen LogP contribution < -0.4 is 14.2 Å².